The normalized spacial score (nSPS) is 17.4. The maximum atomic E-state index is 14.3. The van der Waals surface area contributed by atoms with Crippen LogP contribution in [0.2, 0.25) is 0 Å². The molecule has 1 fully saturated rings. The monoisotopic (exact) mass is 606 g/mol. The summed E-state index contributed by atoms with van der Waals surface area (Å²) in [6, 6.07) is 21.2. The quantitative estimate of drug-likeness (QED) is 0.231. The van der Waals surface area contributed by atoms with Gasteiger partial charge in [0.25, 0.3) is 0 Å². The second-order valence-electron chi connectivity index (χ2n) is 12.4. The minimum absolute atomic E-state index is 0.0321. The van der Waals surface area contributed by atoms with Crippen molar-refractivity contribution in [1.82, 2.24) is 15.6 Å². The summed E-state index contributed by atoms with van der Waals surface area (Å²) in [7, 11) is 0. The predicted molar refractivity (Wildman–Crippen MR) is 173 cm³/mol. The first kappa shape index (κ1) is 30.1. The van der Waals surface area contributed by atoms with Crippen LogP contribution >= 0.6 is 0 Å². The Kier molecular flexibility index (Phi) is 8.16. The number of nitrogens with zero attached hydrogens (tertiary/aromatic N) is 2. The minimum atomic E-state index is -1.21. The van der Waals surface area contributed by atoms with Gasteiger partial charge in [0, 0.05) is 42.9 Å². The summed E-state index contributed by atoms with van der Waals surface area (Å²) in [5.74, 6) is -1.21. The first-order chi connectivity index (χ1) is 21.6. The number of anilines is 2. The number of carbonyl (C=O) groups excluding carboxylic acids is 4. The topological polar surface area (TPSA) is 141 Å². The van der Waals surface area contributed by atoms with Crippen LogP contribution in [0.1, 0.15) is 43.4 Å². The molecule has 5 N–H and O–H groups in total. The van der Waals surface area contributed by atoms with E-state index < -0.39 is 29.4 Å². The van der Waals surface area contributed by atoms with E-state index in [-0.39, 0.29) is 31.2 Å². The summed E-state index contributed by atoms with van der Waals surface area (Å²) in [6.45, 7) is 4.02. The summed E-state index contributed by atoms with van der Waals surface area (Å²) in [4.78, 5) is 60.7. The number of amides is 4. The van der Waals surface area contributed by atoms with Crippen molar-refractivity contribution in [3.63, 3.8) is 0 Å². The Bertz CT molecular complexity index is 1760. The zero-order chi connectivity index (χ0) is 31.7. The van der Waals surface area contributed by atoms with E-state index >= 15 is 0 Å². The Labute approximate surface area is 262 Å². The molecule has 1 aromatic heterocycles. The van der Waals surface area contributed by atoms with E-state index in [9.17, 15) is 19.2 Å². The van der Waals surface area contributed by atoms with Crippen molar-refractivity contribution in [2.24, 2.45) is 5.73 Å². The standard InChI is InChI=1S/C35H38N6O4/c1-35(2,36)34(45)39-27(19-24-20-37-26-14-7-6-13-25(24)26)32(43)38-28-18-23-12-8-15-29(40-17-9-16-30(40)42)31(23)41(33(28)44)21-22-10-4-3-5-11-22/h3-8,10-15,20,27-28,37H,9,16-19,21,36H2,1-2H3,(H,38,43)(H,39,45)/t27-,28?/m1/s1. The number of aromatic amines is 1. The molecule has 1 saturated heterocycles. The number of nitrogens with one attached hydrogen (secondary N) is 3. The molecule has 232 valence electrons. The first-order valence-electron chi connectivity index (χ1n) is 15.3. The summed E-state index contributed by atoms with van der Waals surface area (Å²) >= 11 is 0. The molecule has 0 spiro atoms. The number of hydrogen-bond donors (Lipinski definition) is 4. The molecule has 0 bridgehead atoms. The third-order valence-corrected chi connectivity index (χ3v) is 8.53. The average Bonchev–Trinajstić information content (AvgIpc) is 3.64. The van der Waals surface area contributed by atoms with Gasteiger partial charge in [-0.25, -0.2) is 0 Å². The molecule has 1 unspecified atom stereocenters. The first-order valence-corrected chi connectivity index (χ1v) is 15.3. The minimum Gasteiger partial charge on any atom is -0.361 e. The van der Waals surface area contributed by atoms with Gasteiger partial charge in [0.05, 0.1) is 23.5 Å². The number of H-pyrrole nitrogens is 1. The van der Waals surface area contributed by atoms with Crippen LogP contribution in [0.4, 0.5) is 11.4 Å². The Morgan fingerprint density at radius 3 is 2.51 bits per heavy atom. The smallest absolute Gasteiger partial charge is 0.250 e. The van der Waals surface area contributed by atoms with Gasteiger partial charge in [-0.3, -0.25) is 19.2 Å². The van der Waals surface area contributed by atoms with Gasteiger partial charge in [0.1, 0.15) is 12.1 Å². The van der Waals surface area contributed by atoms with Crippen molar-refractivity contribution in [3.05, 3.63) is 95.7 Å². The van der Waals surface area contributed by atoms with Crippen LogP contribution in [0.25, 0.3) is 10.9 Å². The summed E-state index contributed by atoms with van der Waals surface area (Å²) in [5, 5.41) is 6.73. The Hall–Kier alpha value is -4.96. The third kappa shape index (κ3) is 6.19. The van der Waals surface area contributed by atoms with Crippen molar-refractivity contribution in [1.29, 1.82) is 0 Å². The number of nitrogens with two attached hydrogens (primary N) is 1. The van der Waals surface area contributed by atoms with Crippen LogP contribution in [-0.2, 0) is 38.6 Å². The van der Waals surface area contributed by atoms with Crippen LogP contribution in [0.3, 0.4) is 0 Å². The molecule has 3 aromatic carbocycles. The summed E-state index contributed by atoms with van der Waals surface area (Å²) in [5.41, 5.74) is 9.81. The average molecular weight is 607 g/mol. The van der Waals surface area contributed by atoms with Gasteiger partial charge in [0.15, 0.2) is 0 Å². The predicted octanol–water partition coefficient (Wildman–Crippen LogP) is 3.33. The lowest BCUT2D eigenvalue weighted by Gasteiger charge is -2.38. The number of hydrogen-bond acceptors (Lipinski definition) is 5. The molecule has 0 saturated carbocycles. The van der Waals surface area contributed by atoms with Gasteiger partial charge < -0.3 is 31.2 Å². The van der Waals surface area contributed by atoms with E-state index in [1.165, 1.54) is 0 Å². The van der Waals surface area contributed by atoms with Crippen LogP contribution < -0.4 is 26.2 Å². The molecule has 4 aromatic rings. The molecule has 4 amide bonds. The molecule has 10 heteroatoms. The van der Waals surface area contributed by atoms with Crippen molar-refractivity contribution in [2.45, 2.75) is 63.7 Å². The fourth-order valence-corrected chi connectivity index (χ4v) is 6.16. The molecular formula is C35H38N6O4. The van der Waals surface area contributed by atoms with Crippen LogP contribution in [0.15, 0.2) is 79.0 Å². The highest BCUT2D eigenvalue weighted by molar-refractivity contribution is 6.08. The van der Waals surface area contributed by atoms with E-state index in [0.717, 1.165) is 34.0 Å². The number of aromatic nitrogens is 1. The second-order valence-corrected chi connectivity index (χ2v) is 12.4. The van der Waals surface area contributed by atoms with Crippen molar-refractivity contribution in [2.75, 3.05) is 16.3 Å². The summed E-state index contributed by atoms with van der Waals surface area (Å²) < 4.78 is 0. The van der Waals surface area contributed by atoms with Crippen LogP contribution in [0, 0.1) is 0 Å². The van der Waals surface area contributed by atoms with E-state index in [1.54, 1.807) is 23.6 Å². The zero-order valence-corrected chi connectivity index (χ0v) is 25.5. The van der Waals surface area contributed by atoms with E-state index in [1.807, 2.05) is 79.0 Å². The van der Waals surface area contributed by atoms with Gasteiger partial charge in [-0.05, 0) is 49.1 Å². The maximum absolute atomic E-state index is 14.3. The van der Waals surface area contributed by atoms with Crippen molar-refractivity contribution >= 4 is 45.9 Å². The molecular weight excluding hydrogens is 568 g/mol. The molecule has 0 aliphatic carbocycles. The Morgan fingerprint density at radius 1 is 1.02 bits per heavy atom. The number of fused-ring (bicyclic) bond motifs is 2. The van der Waals surface area contributed by atoms with Gasteiger partial charge in [-0.15, -0.1) is 0 Å². The Morgan fingerprint density at radius 2 is 1.78 bits per heavy atom. The highest BCUT2D eigenvalue weighted by atomic mass is 16.2. The van der Waals surface area contributed by atoms with Crippen LogP contribution in [0.5, 0.6) is 0 Å². The fraction of sp³-hybridized carbons (Fsp3) is 0.314. The molecule has 10 nitrogen and oxygen atoms in total. The third-order valence-electron chi connectivity index (χ3n) is 8.53. The molecule has 3 heterocycles. The lowest BCUT2D eigenvalue weighted by atomic mass is 9.94. The molecule has 45 heavy (non-hydrogen) atoms. The Balaban J connectivity index is 1.32. The molecule has 0 radical (unpaired) electrons. The zero-order valence-electron chi connectivity index (χ0n) is 25.5. The van der Waals surface area contributed by atoms with Crippen LogP contribution in [-0.4, -0.2) is 52.8 Å². The SMILES string of the molecule is CC(C)(N)C(=O)N[C@H](Cc1c[nH]c2ccccc12)C(=O)NC1Cc2cccc(N3CCCC3=O)c2N(Cc2ccccc2)C1=O. The van der Waals surface area contributed by atoms with Gasteiger partial charge >= 0.3 is 0 Å². The largest absolute Gasteiger partial charge is 0.361 e. The molecule has 2 atom stereocenters. The molecule has 2 aliphatic rings. The molecule has 2 aliphatic heterocycles. The van der Waals surface area contributed by atoms with Crippen molar-refractivity contribution in [3.8, 4) is 0 Å². The van der Waals surface area contributed by atoms with Gasteiger partial charge in [0.2, 0.25) is 23.6 Å². The van der Waals surface area contributed by atoms with E-state index in [2.05, 4.69) is 15.6 Å². The maximum Gasteiger partial charge on any atom is 0.250 e. The number of carbonyl (C=O) groups is 4. The fourth-order valence-electron chi connectivity index (χ4n) is 6.16. The molecule has 6 rings (SSSR count). The van der Waals surface area contributed by atoms with E-state index in [0.29, 0.717) is 24.3 Å². The number of para-hydroxylation sites is 2. The second kappa shape index (κ2) is 12.2. The van der Waals surface area contributed by atoms with Gasteiger partial charge in [-0.1, -0.05) is 60.7 Å². The van der Waals surface area contributed by atoms with Gasteiger partial charge in [-0.2, -0.15) is 0 Å². The lowest BCUT2D eigenvalue weighted by molar-refractivity contribution is -0.133. The van der Waals surface area contributed by atoms with E-state index in [4.69, 9.17) is 5.73 Å². The summed E-state index contributed by atoms with van der Waals surface area (Å²) in [6.07, 6.45) is 3.51. The lowest BCUT2D eigenvalue weighted by Crippen LogP contribution is -2.60. The highest BCUT2D eigenvalue weighted by Crippen LogP contribution is 2.40. The van der Waals surface area contributed by atoms with Crippen molar-refractivity contribution < 1.29 is 19.2 Å². The number of rotatable bonds is 9. The number of benzene rings is 3. The highest BCUT2D eigenvalue weighted by Gasteiger charge is 2.39.